The van der Waals surface area contributed by atoms with Crippen molar-refractivity contribution in [2.45, 2.75) is 39.3 Å². The van der Waals surface area contributed by atoms with Gasteiger partial charge in [-0.1, -0.05) is 13.8 Å². The zero-order valence-electron chi connectivity index (χ0n) is 12.4. The Bertz CT molecular complexity index is 328. The monoisotopic (exact) mass is 269 g/mol. The molecule has 5 heteroatoms. The molecule has 0 aromatic carbocycles. The maximum Gasteiger partial charge on any atom is 0.128 e. The molecule has 1 heterocycles. The average molecular weight is 269 g/mol. The van der Waals surface area contributed by atoms with Crippen LogP contribution in [0.25, 0.3) is 0 Å². The highest BCUT2D eigenvalue weighted by molar-refractivity contribution is 4.99. The van der Waals surface area contributed by atoms with Gasteiger partial charge in [0.2, 0.25) is 0 Å². The number of aromatic nitrogens is 2. The summed E-state index contributed by atoms with van der Waals surface area (Å²) in [6.45, 7) is 8.18. The van der Waals surface area contributed by atoms with Crippen LogP contribution in [0.5, 0.6) is 0 Å². The van der Waals surface area contributed by atoms with Crippen LogP contribution in [0.1, 0.15) is 38.6 Å². The third-order valence-electron chi connectivity index (χ3n) is 2.88. The van der Waals surface area contributed by atoms with Crippen LogP contribution in [-0.4, -0.2) is 43.0 Å². The number of imidazole rings is 1. The molecule has 0 aliphatic heterocycles. The first kappa shape index (κ1) is 16.1. The summed E-state index contributed by atoms with van der Waals surface area (Å²) < 4.78 is 12.8. The van der Waals surface area contributed by atoms with E-state index in [4.69, 9.17) is 9.47 Å². The quantitative estimate of drug-likeness (QED) is 0.624. The molecule has 110 valence electrons. The Hall–Kier alpha value is -0.910. The Kier molecular flexibility index (Phi) is 8.45. The van der Waals surface area contributed by atoms with E-state index in [-0.39, 0.29) is 6.04 Å². The summed E-state index contributed by atoms with van der Waals surface area (Å²) >= 11 is 0. The van der Waals surface area contributed by atoms with Crippen molar-refractivity contribution in [1.29, 1.82) is 0 Å². The lowest BCUT2D eigenvalue weighted by Gasteiger charge is -2.19. The second kappa shape index (κ2) is 9.95. The van der Waals surface area contributed by atoms with E-state index in [2.05, 4.69) is 28.7 Å². The summed E-state index contributed by atoms with van der Waals surface area (Å²) in [6, 6.07) is 0.151. The number of ether oxygens (including phenoxy) is 2. The number of rotatable bonds is 11. The fourth-order valence-corrected chi connectivity index (χ4v) is 1.95. The van der Waals surface area contributed by atoms with Gasteiger partial charge in [-0.15, -0.1) is 0 Å². The second-order valence-corrected chi connectivity index (χ2v) is 4.55. The molecule has 0 aliphatic carbocycles. The molecule has 0 saturated heterocycles. The van der Waals surface area contributed by atoms with E-state index in [1.807, 2.05) is 12.4 Å². The van der Waals surface area contributed by atoms with E-state index in [1.165, 1.54) is 0 Å². The molecule has 0 saturated carbocycles. The minimum Gasteiger partial charge on any atom is -0.382 e. The van der Waals surface area contributed by atoms with Gasteiger partial charge in [0.1, 0.15) is 5.82 Å². The standard InChI is InChI=1S/C14H27N3O2/c1-4-6-15-13(12-19-11-10-18-3)14-16-7-9-17(14)8-5-2/h7,9,13,15H,4-6,8,10-12H2,1-3H3. The minimum atomic E-state index is 0.151. The molecular formula is C14H27N3O2. The average Bonchev–Trinajstić information content (AvgIpc) is 2.87. The van der Waals surface area contributed by atoms with E-state index in [0.29, 0.717) is 19.8 Å². The summed E-state index contributed by atoms with van der Waals surface area (Å²) in [4.78, 5) is 4.48. The lowest BCUT2D eigenvalue weighted by molar-refractivity contribution is 0.0569. The van der Waals surface area contributed by atoms with Gasteiger partial charge >= 0.3 is 0 Å². The zero-order chi connectivity index (χ0) is 13.9. The summed E-state index contributed by atoms with van der Waals surface area (Å²) in [5, 5.41) is 3.50. The SMILES string of the molecule is CCCNC(COCCOC)c1nccn1CCC. The van der Waals surface area contributed by atoms with Gasteiger partial charge < -0.3 is 19.4 Å². The Balaban J connectivity index is 2.57. The van der Waals surface area contributed by atoms with Crippen molar-refractivity contribution in [3.05, 3.63) is 18.2 Å². The Labute approximate surface area is 116 Å². The molecule has 19 heavy (non-hydrogen) atoms. The molecule has 1 aromatic heterocycles. The van der Waals surface area contributed by atoms with Crippen molar-refractivity contribution < 1.29 is 9.47 Å². The molecule has 0 amide bonds. The zero-order valence-corrected chi connectivity index (χ0v) is 12.4. The summed E-state index contributed by atoms with van der Waals surface area (Å²) in [6.07, 6.45) is 6.10. The third-order valence-corrected chi connectivity index (χ3v) is 2.88. The van der Waals surface area contributed by atoms with Crippen LogP contribution in [0.2, 0.25) is 0 Å². The molecule has 0 aliphatic rings. The van der Waals surface area contributed by atoms with Gasteiger partial charge in [-0.2, -0.15) is 0 Å². The number of methoxy groups -OCH3 is 1. The molecule has 1 aromatic rings. The minimum absolute atomic E-state index is 0.151. The molecule has 0 spiro atoms. The van der Waals surface area contributed by atoms with Crippen molar-refractivity contribution >= 4 is 0 Å². The Morgan fingerprint density at radius 2 is 2.16 bits per heavy atom. The highest BCUT2D eigenvalue weighted by atomic mass is 16.5. The number of hydrogen-bond acceptors (Lipinski definition) is 4. The van der Waals surface area contributed by atoms with Gasteiger partial charge in [0, 0.05) is 26.0 Å². The van der Waals surface area contributed by atoms with Crippen LogP contribution >= 0.6 is 0 Å². The molecule has 0 bridgehead atoms. The van der Waals surface area contributed by atoms with Crippen LogP contribution in [0.4, 0.5) is 0 Å². The normalized spacial score (nSPS) is 12.8. The first-order chi connectivity index (χ1) is 9.33. The van der Waals surface area contributed by atoms with Crippen molar-refractivity contribution in [2.75, 3.05) is 33.5 Å². The highest BCUT2D eigenvalue weighted by Crippen LogP contribution is 2.12. The largest absolute Gasteiger partial charge is 0.382 e. The molecule has 0 fully saturated rings. The topological polar surface area (TPSA) is 48.3 Å². The fourth-order valence-electron chi connectivity index (χ4n) is 1.95. The van der Waals surface area contributed by atoms with E-state index >= 15 is 0 Å². The Morgan fingerprint density at radius 1 is 1.32 bits per heavy atom. The van der Waals surface area contributed by atoms with Crippen LogP contribution in [-0.2, 0) is 16.0 Å². The second-order valence-electron chi connectivity index (χ2n) is 4.55. The molecule has 0 radical (unpaired) electrons. The van der Waals surface area contributed by atoms with Gasteiger partial charge in [0.15, 0.2) is 0 Å². The van der Waals surface area contributed by atoms with Crippen LogP contribution < -0.4 is 5.32 Å². The third kappa shape index (κ3) is 5.72. The van der Waals surface area contributed by atoms with Gasteiger partial charge in [-0.05, 0) is 19.4 Å². The lowest BCUT2D eigenvalue weighted by atomic mass is 10.2. The molecule has 1 unspecified atom stereocenters. The van der Waals surface area contributed by atoms with E-state index in [1.54, 1.807) is 7.11 Å². The van der Waals surface area contributed by atoms with Crippen molar-refractivity contribution in [1.82, 2.24) is 14.9 Å². The molecule has 1 rings (SSSR count). The van der Waals surface area contributed by atoms with E-state index < -0.39 is 0 Å². The first-order valence-corrected chi connectivity index (χ1v) is 7.14. The number of hydrogen-bond donors (Lipinski definition) is 1. The van der Waals surface area contributed by atoms with Gasteiger partial charge in [-0.25, -0.2) is 4.98 Å². The van der Waals surface area contributed by atoms with Crippen LogP contribution in [0, 0.1) is 0 Å². The number of aryl methyl sites for hydroxylation is 1. The lowest BCUT2D eigenvalue weighted by Crippen LogP contribution is -2.29. The van der Waals surface area contributed by atoms with Crippen LogP contribution in [0.3, 0.4) is 0 Å². The molecule has 1 atom stereocenters. The van der Waals surface area contributed by atoms with E-state index in [0.717, 1.165) is 31.8 Å². The molecular weight excluding hydrogens is 242 g/mol. The number of nitrogens with one attached hydrogen (secondary N) is 1. The molecule has 5 nitrogen and oxygen atoms in total. The summed E-state index contributed by atoms with van der Waals surface area (Å²) in [5.74, 6) is 1.06. The fraction of sp³-hybridized carbons (Fsp3) is 0.786. The Morgan fingerprint density at radius 3 is 2.84 bits per heavy atom. The summed E-state index contributed by atoms with van der Waals surface area (Å²) in [5.41, 5.74) is 0. The highest BCUT2D eigenvalue weighted by Gasteiger charge is 2.16. The van der Waals surface area contributed by atoms with Crippen molar-refractivity contribution in [2.24, 2.45) is 0 Å². The van der Waals surface area contributed by atoms with Gasteiger partial charge in [-0.3, -0.25) is 0 Å². The smallest absolute Gasteiger partial charge is 0.128 e. The predicted octanol–water partition coefficient (Wildman–Crippen LogP) is 2.00. The van der Waals surface area contributed by atoms with Gasteiger partial charge in [0.05, 0.1) is 25.9 Å². The van der Waals surface area contributed by atoms with Crippen LogP contribution in [0.15, 0.2) is 12.4 Å². The number of nitrogens with zero attached hydrogens (tertiary/aromatic N) is 2. The van der Waals surface area contributed by atoms with Crippen molar-refractivity contribution in [3.63, 3.8) is 0 Å². The summed E-state index contributed by atoms with van der Waals surface area (Å²) in [7, 11) is 1.68. The predicted molar refractivity (Wildman–Crippen MR) is 76.2 cm³/mol. The maximum absolute atomic E-state index is 5.65. The first-order valence-electron chi connectivity index (χ1n) is 7.14. The van der Waals surface area contributed by atoms with E-state index in [9.17, 15) is 0 Å². The van der Waals surface area contributed by atoms with Crippen molar-refractivity contribution in [3.8, 4) is 0 Å². The molecule has 1 N–H and O–H groups in total. The van der Waals surface area contributed by atoms with Gasteiger partial charge in [0.25, 0.3) is 0 Å². The maximum atomic E-state index is 5.65.